The molecular weight excluding hydrogens is 150 g/mol. The van der Waals surface area contributed by atoms with Gasteiger partial charge in [-0.3, -0.25) is 0 Å². The Morgan fingerprint density at radius 2 is 2.09 bits per heavy atom. The molecule has 0 bridgehead atoms. The summed E-state index contributed by atoms with van der Waals surface area (Å²) in [4.78, 5) is 0. The van der Waals surface area contributed by atoms with Gasteiger partial charge in [-0.2, -0.15) is 0 Å². The summed E-state index contributed by atoms with van der Waals surface area (Å²) in [7, 11) is -0.174. The van der Waals surface area contributed by atoms with Gasteiger partial charge in [0.05, 0.1) is 9.52 Å². The van der Waals surface area contributed by atoms with Crippen molar-refractivity contribution in [2.45, 2.75) is 13.8 Å². The minimum absolute atomic E-state index is 0.174. The second-order valence-electron chi connectivity index (χ2n) is 2.90. The standard InChI is InChI=1S/C9H15NSi/c1-7-4-3-5-9(8(7)2)11-6-10/h3-5H,6,10-11H2,1-2H3. The number of benzene rings is 1. The van der Waals surface area contributed by atoms with Crippen molar-refractivity contribution < 1.29 is 0 Å². The van der Waals surface area contributed by atoms with Gasteiger partial charge in [-0.15, -0.1) is 0 Å². The maximum absolute atomic E-state index is 5.54. The van der Waals surface area contributed by atoms with Crippen molar-refractivity contribution in [2.24, 2.45) is 5.73 Å². The average molecular weight is 165 g/mol. The number of hydrogen-bond donors (Lipinski definition) is 1. The van der Waals surface area contributed by atoms with E-state index in [0.717, 1.165) is 6.17 Å². The van der Waals surface area contributed by atoms with Gasteiger partial charge in [0.1, 0.15) is 0 Å². The Labute approximate surface area is 70.4 Å². The third-order valence-electron chi connectivity index (χ3n) is 2.13. The molecule has 0 unspecified atom stereocenters. The monoisotopic (exact) mass is 165 g/mol. The molecule has 0 fully saturated rings. The third-order valence-corrected chi connectivity index (χ3v) is 3.72. The number of aryl methyl sites for hydroxylation is 1. The summed E-state index contributed by atoms with van der Waals surface area (Å²) >= 11 is 0. The summed E-state index contributed by atoms with van der Waals surface area (Å²) in [5.41, 5.74) is 8.38. The van der Waals surface area contributed by atoms with E-state index in [1.165, 1.54) is 16.3 Å². The van der Waals surface area contributed by atoms with E-state index in [2.05, 4.69) is 32.0 Å². The lowest BCUT2D eigenvalue weighted by atomic mass is 10.1. The predicted octanol–water partition coefficient (Wildman–Crippen LogP) is 0.0137. The molecule has 0 heterocycles. The van der Waals surface area contributed by atoms with Crippen molar-refractivity contribution in [1.82, 2.24) is 0 Å². The number of hydrogen-bond acceptors (Lipinski definition) is 1. The number of nitrogens with two attached hydrogens (primary N) is 1. The molecule has 0 aliphatic carbocycles. The Balaban J connectivity index is 2.96. The highest BCUT2D eigenvalue weighted by molar-refractivity contribution is 6.54. The molecule has 0 saturated heterocycles. The average Bonchev–Trinajstić information content (AvgIpc) is 1.99. The second-order valence-corrected chi connectivity index (χ2v) is 4.74. The lowest BCUT2D eigenvalue weighted by molar-refractivity contribution is 1.34. The zero-order valence-corrected chi connectivity index (χ0v) is 8.64. The topological polar surface area (TPSA) is 26.0 Å². The minimum atomic E-state index is -0.174. The van der Waals surface area contributed by atoms with Crippen LogP contribution >= 0.6 is 0 Å². The fourth-order valence-corrected chi connectivity index (χ4v) is 2.51. The van der Waals surface area contributed by atoms with Crippen LogP contribution in [0.4, 0.5) is 0 Å². The molecule has 1 nitrogen and oxygen atoms in total. The van der Waals surface area contributed by atoms with Gasteiger partial charge in [0, 0.05) is 0 Å². The summed E-state index contributed by atoms with van der Waals surface area (Å²) in [6.07, 6.45) is 0.879. The van der Waals surface area contributed by atoms with E-state index < -0.39 is 0 Å². The molecule has 2 N–H and O–H groups in total. The van der Waals surface area contributed by atoms with E-state index in [4.69, 9.17) is 5.73 Å². The Hall–Kier alpha value is -0.603. The van der Waals surface area contributed by atoms with Gasteiger partial charge >= 0.3 is 0 Å². The van der Waals surface area contributed by atoms with Gasteiger partial charge in [0.15, 0.2) is 0 Å². The smallest absolute Gasteiger partial charge is 0.0701 e. The lowest BCUT2D eigenvalue weighted by Crippen LogP contribution is -2.25. The quantitative estimate of drug-likeness (QED) is 0.614. The van der Waals surface area contributed by atoms with Crippen LogP contribution in [0.5, 0.6) is 0 Å². The van der Waals surface area contributed by atoms with Gasteiger partial charge in [-0.05, 0) is 31.1 Å². The molecule has 0 atom stereocenters. The van der Waals surface area contributed by atoms with Crippen molar-refractivity contribution in [3.63, 3.8) is 0 Å². The molecule has 0 aliphatic heterocycles. The highest BCUT2D eigenvalue weighted by Crippen LogP contribution is 2.01. The van der Waals surface area contributed by atoms with Crippen molar-refractivity contribution in [2.75, 3.05) is 6.17 Å². The van der Waals surface area contributed by atoms with E-state index >= 15 is 0 Å². The fourth-order valence-electron chi connectivity index (χ4n) is 1.24. The van der Waals surface area contributed by atoms with Crippen LogP contribution in [-0.2, 0) is 0 Å². The van der Waals surface area contributed by atoms with Gasteiger partial charge in [0.2, 0.25) is 0 Å². The van der Waals surface area contributed by atoms with E-state index in [0.29, 0.717) is 0 Å². The Kier molecular flexibility index (Phi) is 2.85. The summed E-state index contributed by atoms with van der Waals surface area (Å²) < 4.78 is 0. The summed E-state index contributed by atoms with van der Waals surface area (Å²) in [5, 5.41) is 1.52. The van der Waals surface area contributed by atoms with E-state index in [9.17, 15) is 0 Å². The summed E-state index contributed by atoms with van der Waals surface area (Å²) in [5.74, 6) is 0. The van der Waals surface area contributed by atoms with E-state index in [1.54, 1.807) is 0 Å². The Bertz CT molecular complexity index is 245. The summed E-state index contributed by atoms with van der Waals surface area (Å²) in [6.45, 7) is 4.34. The third kappa shape index (κ3) is 1.91. The highest BCUT2D eigenvalue weighted by atomic mass is 28.2. The first-order valence-electron chi connectivity index (χ1n) is 4.01. The van der Waals surface area contributed by atoms with Crippen LogP contribution in [0.2, 0.25) is 0 Å². The van der Waals surface area contributed by atoms with Crippen molar-refractivity contribution >= 4 is 14.7 Å². The van der Waals surface area contributed by atoms with Crippen LogP contribution in [0.1, 0.15) is 11.1 Å². The van der Waals surface area contributed by atoms with Crippen LogP contribution in [0.25, 0.3) is 0 Å². The van der Waals surface area contributed by atoms with E-state index in [1.807, 2.05) is 0 Å². The predicted molar refractivity (Wildman–Crippen MR) is 53.1 cm³/mol. The zero-order chi connectivity index (χ0) is 8.27. The van der Waals surface area contributed by atoms with Crippen LogP contribution in [-0.4, -0.2) is 15.7 Å². The van der Waals surface area contributed by atoms with Gasteiger partial charge < -0.3 is 5.73 Å². The van der Waals surface area contributed by atoms with Crippen molar-refractivity contribution in [1.29, 1.82) is 0 Å². The first-order valence-corrected chi connectivity index (χ1v) is 5.71. The molecule has 11 heavy (non-hydrogen) atoms. The van der Waals surface area contributed by atoms with Crippen LogP contribution in [0, 0.1) is 13.8 Å². The molecule has 0 spiro atoms. The van der Waals surface area contributed by atoms with Gasteiger partial charge in [0.25, 0.3) is 0 Å². The van der Waals surface area contributed by atoms with Crippen molar-refractivity contribution in [3.05, 3.63) is 29.3 Å². The summed E-state index contributed by atoms with van der Waals surface area (Å²) in [6, 6.07) is 6.49. The second kappa shape index (κ2) is 3.69. The van der Waals surface area contributed by atoms with E-state index in [-0.39, 0.29) is 9.52 Å². The lowest BCUT2D eigenvalue weighted by Gasteiger charge is -2.05. The van der Waals surface area contributed by atoms with Crippen molar-refractivity contribution in [3.8, 4) is 0 Å². The molecule has 60 valence electrons. The van der Waals surface area contributed by atoms with Crippen LogP contribution < -0.4 is 10.9 Å². The Morgan fingerprint density at radius 1 is 1.36 bits per heavy atom. The largest absolute Gasteiger partial charge is 0.333 e. The molecule has 0 amide bonds. The molecule has 0 radical (unpaired) electrons. The minimum Gasteiger partial charge on any atom is -0.333 e. The molecule has 0 aromatic heterocycles. The maximum Gasteiger partial charge on any atom is 0.0701 e. The Morgan fingerprint density at radius 3 is 2.73 bits per heavy atom. The molecule has 0 aliphatic rings. The highest BCUT2D eigenvalue weighted by Gasteiger charge is 1.98. The molecule has 1 rings (SSSR count). The first-order chi connectivity index (χ1) is 5.25. The maximum atomic E-state index is 5.54. The molecule has 1 aromatic rings. The SMILES string of the molecule is Cc1cccc([SiH2]CN)c1C. The molecule has 0 saturated carbocycles. The normalized spacial score (nSPS) is 11.2. The van der Waals surface area contributed by atoms with Gasteiger partial charge in [-0.1, -0.05) is 23.4 Å². The van der Waals surface area contributed by atoms with Gasteiger partial charge in [-0.25, -0.2) is 0 Å². The van der Waals surface area contributed by atoms with Crippen LogP contribution in [0.3, 0.4) is 0 Å². The molecule has 2 heteroatoms. The molecular formula is C9H15NSi. The van der Waals surface area contributed by atoms with Crippen LogP contribution in [0.15, 0.2) is 18.2 Å². The zero-order valence-electron chi connectivity index (χ0n) is 7.22. The molecule has 1 aromatic carbocycles. The number of rotatable bonds is 2. The first kappa shape index (κ1) is 8.49. The fraction of sp³-hybridized carbons (Fsp3) is 0.333.